The Bertz CT molecular complexity index is 184. The van der Waals surface area contributed by atoms with Gasteiger partial charge in [-0.05, 0) is 25.7 Å². The van der Waals surface area contributed by atoms with Gasteiger partial charge in [-0.25, -0.2) is 0 Å². The first kappa shape index (κ1) is 10.8. The number of nitrogens with zero attached hydrogens (tertiary/aromatic N) is 1. The normalized spacial score (nSPS) is 25.8. The minimum Gasteiger partial charge on any atom is -0.343 e. The molecular formula is C10H18ClNO. The molecule has 1 rings (SSSR count). The number of amides is 1. The molecule has 0 radical (unpaired) electrons. The molecule has 1 fully saturated rings. The van der Waals surface area contributed by atoms with Crippen LogP contribution < -0.4 is 0 Å². The Hall–Kier alpha value is -0.240. The van der Waals surface area contributed by atoms with Crippen molar-refractivity contribution in [1.29, 1.82) is 0 Å². The fourth-order valence-electron chi connectivity index (χ4n) is 1.58. The van der Waals surface area contributed by atoms with Gasteiger partial charge in [-0.1, -0.05) is 6.92 Å². The smallest absolute Gasteiger partial charge is 0.225 e. The molecule has 0 N–H and O–H groups in total. The summed E-state index contributed by atoms with van der Waals surface area (Å²) in [5, 5.41) is 0. The predicted octanol–water partition coefficient (Wildman–Crippen LogP) is 2.12. The molecule has 0 aliphatic heterocycles. The van der Waals surface area contributed by atoms with Crippen LogP contribution in [0.5, 0.6) is 0 Å². The summed E-state index contributed by atoms with van der Waals surface area (Å²) in [6.07, 6.45) is 1.98. The maximum absolute atomic E-state index is 11.7. The van der Waals surface area contributed by atoms with Gasteiger partial charge in [0.25, 0.3) is 0 Å². The van der Waals surface area contributed by atoms with Crippen molar-refractivity contribution >= 4 is 17.5 Å². The monoisotopic (exact) mass is 203 g/mol. The Morgan fingerprint density at radius 2 is 2.23 bits per heavy atom. The topological polar surface area (TPSA) is 20.3 Å². The molecule has 76 valence electrons. The molecule has 0 aromatic carbocycles. The summed E-state index contributed by atoms with van der Waals surface area (Å²) in [6, 6.07) is 0. The molecule has 0 spiro atoms. The molecule has 2 unspecified atom stereocenters. The van der Waals surface area contributed by atoms with Crippen LogP contribution in [0.25, 0.3) is 0 Å². The van der Waals surface area contributed by atoms with E-state index in [0.717, 1.165) is 25.9 Å². The van der Waals surface area contributed by atoms with E-state index in [9.17, 15) is 4.79 Å². The van der Waals surface area contributed by atoms with E-state index in [0.29, 0.717) is 23.6 Å². The first-order chi connectivity index (χ1) is 6.20. The van der Waals surface area contributed by atoms with Crippen LogP contribution in [0.2, 0.25) is 0 Å². The van der Waals surface area contributed by atoms with E-state index in [1.165, 1.54) is 0 Å². The van der Waals surface area contributed by atoms with Crippen LogP contribution in [0, 0.1) is 11.8 Å². The summed E-state index contributed by atoms with van der Waals surface area (Å²) in [7, 11) is 0. The average Bonchev–Trinajstić information content (AvgIpc) is 2.84. The summed E-state index contributed by atoms with van der Waals surface area (Å²) in [5.41, 5.74) is 0. The lowest BCUT2D eigenvalue weighted by atomic mass is 10.3. The highest BCUT2D eigenvalue weighted by molar-refractivity contribution is 6.17. The number of hydrogen-bond acceptors (Lipinski definition) is 1. The molecule has 3 heteroatoms. The number of carbonyl (C=O) groups excluding carboxylic acids is 1. The van der Waals surface area contributed by atoms with E-state index in [1.54, 1.807) is 0 Å². The maximum Gasteiger partial charge on any atom is 0.225 e. The molecular weight excluding hydrogens is 186 g/mol. The molecule has 2 atom stereocenters. The lowest BCUT2D eigenvalue weighted by Gasteiger charge is -2.20. The lowest BCUT2D eigenvalue weighted by Crippen LogP contribution is -2.33. The van der Waals surface area contributed by atoms with E-state index in [2.05, 4.69) is 6.92 Å². The Kier molecular flexibility index (Phi) is 4.04. The highest BCUT2D eigenvalue weighted by atomic mass is 35.5. The minimum atomic E-state index is 0.315. The van der Waals surface area contributed by atoms with Crippen LogP contribution >= 0.6 is 11.6 Å². The van der Waals surface area contributed by atoms with Gasteiger partial charge in [0.1, 0.15) is 0 Å². The number of carbonyl (C=O) groups is 1. The zero-order chi connectivity index (χ0) is 9.84. The molecule has 0 heterocycles. The second-order valence-electron chi connectivity index (χ2n) is 3.78. The lowest BCUT2D eigenvalue weighted by molar-refractivity contribution is -0.132. The summed E-state index contributed by atoms with van der Waals surface area (Å²) in [4.78, 5) is 13.7. The summed E-state index contributed by atoms with van der Waals surface area (Å²) < 4.78 is 0. The molecule has 0 saturated heterocycles. The third-order valence-corrected chi connectivity index (χ3v) is 2.95. The van der Waals surface area contributed by atoms with E-state index in [1.807, 2.05) is 11.8 Å². The summed E-state index contributed by atoms with van der Waals surface area (Å²) in [6.45, 7) is 5.80. The van der Waals surface area contributed by atoms with Crippen LogP contribution in [0.4, 0.5) is 0 Å². The van der Waals surface area contributed by atoms with Gasteiger partial charge >= 0.3 is 0 Å². The SMILES string of the molecule is CCN(CCCCl)C(=O)C1CC1C. The van der Waals surface area contributed by atoms with Crippen molar-refractivity contribution in [3.63, 3.8) is 0 Å². The quantitative estimate of drug-likeness (QED) is 0.627. The van der Waals surface area contributed by atoms with Gasteiger partial charge in [-0.15, -0.1) is 11.6 Å². The van der Waals surface area contributed by atoms with Gasteiger partial charge in [-0.2, -0.15) is 0 Å². The molecule has 0 aromatic rings. The second-order valence-corrected chi connectivity index (χ2v) is 4.16. The van der Waals surface area contributed by atoms with Crippen LogP contribution in [-0.4, -0.2) is 29.8 Å². The first-order valence-corrected chi connectivity index (χ1v) is 5.58. The number of rotatable bonds is 5. The zero-order valence-corrected chi connectivity index (χ0v) is 9.18. The predicted molar refractivity (Wildman–Crippen MR) is 54.9 cm³/mol. The van der Waals surface area contributed by atoms with E-state index in [4.69, 9.17) is 11.6 Å². The Balaban J connectivity index is 2.32. The first-order valence-electron chi connectivity index (χ1n) is 5.05. The number of alkyl halides is 1. The fraction of sp³-hybridized carbons (Fsp3) is 0.900. The van der Waals surface area contributed by atoms with Crippen LogP contribution in [0.15, 0.2) is 0 Å². The molecule has 13 heavy (non-hydrogen) atoms. The van der Waals surface area contributed by atoms with Gasteiger partial charge in [-0.3, -0.25) is 4.79 Å². The zero-order valence-electron chi connectivity index (χ0n) is 8.42. The van der Waals surface area contributed by atoms with Gasteiger partial charge in [0.2, 0.25) is 5.91 Å². The second kappa shape index (κ2) is 4.85. The highest BCUT2D eigenvalue weighted by Gasteiger charge is 2.40. The van der Waals surface area contributed by atoms with Crippen molar-refractivity contribution in [2.45, 2.75) is 26.7 Å². The van der Waals surface area contributed by atoms with Crippen molar-refractivity contribution < 1.29 is 4.79 Å². The highest BCUT2D eigenvalue weighted by Crippen LogP contribution is 2.39. The molecule has 0 aromatic heterocycles. The van der Waals surface area contributed by atoms with Crippen LogP contribution in [0.1, 0.15) is 26.7 Å². The largest absolute Gasteiger partial charge is 0.343 e. The third kappa shape index (κ3) is 2.87. The molecule has 1 amide bonds. The Morgan fingerprint density at radius 1 is 1.62 bits per heavy atom. The molecule has 1 aliphatic carbocycles. The van der Waals surface area contributed by atoms with Gasteiger partial charge in [0.15, 0.2) is 0 Å². The van der Waals surface area contributed by atoms with Crippen molar-refractivity contribution in [2.75, 3.05) is 19.0 Å². The molecule has 2 nitrogen and oxygen atoms in total. The Morgan fingerprint density at radius 3 is 2.62 bits per heavy atom. The van der Waals surface area contributed by atoms with Crippen LogP contribution in [-0.2, 0) is 4.79 Å². The number of halogens is 1. The Labute approximate surface area is 85.2 Å². The van der Waals surface area contributed by atoms with Gasteiger partial charge in [0, 0.05) is 24.9 Å². The van der Waals surface area contributed by atoms with Gasteiger partial charge < -0.3 is 4.90 Å². The molecule has 1 aliphatic rings. The van der Waals surface area contributed by atoms with Crippen molar-refractivity contribution in [3.8, 4) is 0 Å². The fourth-order valence-corrected chi connectivity index (χ4v) is 1.69. The molecule has 0 bridgehead atoms. The minimum absolute atomic E-state index is 0.315. The summed E-state index contributed by atoms with van der Waals surface area (Å²) in [5.74, 6) is 1.90. The molecule has 1 saturated carbocycles. The van der Waals surface area contributed by atoms with Crippen LogP contribution in [0.3, 0.4) is 0 Å². The average molecular weight is 204 g/mol. The van der Waals surface area contributed by atoms with Crippen molar-refractivity contribution in [1.82, 2.24) is 4.90 Å². The van der Waals surface area contributed by atoms with Crippen molar-refractivity contribution in [3.05, 3.63) is 0 Å². The third-order valence-electron chi connectivity index (χ3n) is 2.68. The number of hydrogen-bond donors (Lipinski definition) is 0. The van der Waals surface area contributed by atoms with E-state index in [-0.39, 0.29) is 0 Å². The van der Waals surface area contributed by atoms with E-state index >= 15 is 0 Å². The van der Waals surface area contributed by atoms with Crippen molar-refractivity contribution in [2.24, 2.45) is 11.8 Å². The summed E-state index contributed by atoms with van der Waals surface area (Å²) >= 11 is 5.59. The van der Waals surface area contributed by atoms with E-state index < -0.39 is 0 Å². The van der Waals surface area contributed by atoms with Gasteiger partial charge in [0.05, 0.1) is 0 Å². The maximum atomic E-state index is 11.7. The standard InChI is InChI=1S/C10H18ClNO/c1-3-12(6-4-5-11)10(13)9-7-8(9)2/h8-9H,3-7H2,1-2H3.